The highest BCUT2D eigenvalue weighted by Gasteiger charge is 2.38. The molecule has 3 unspecified atom stereocenters. The molecule has 37 heavy (non-hydrogen) atoms. The highest BCUT2D eigenvalue weighted by Crippen LogP contribution is 2.39. The fourth-order valence-electron chi connectivity index (χ4n) is 4.86. The van der Waals surface area contributed by atoms with E-state index in [0.717, 1.165) is 0 Å². The molecule has 1 amide bonds. The van der Waals surface area contributed by atoms with Crippen molar-refractivity contribution in [3.63, 3.8) is 0 Å². The predicted octanol–water partition coefficient (Wildman–Crippen LogP) is 4.62. The normalized spacial score (nSPS) is 21.2. The van der Waals surface area contributed by atoms with Gasteiger partial charge in [-0.2, -0.15) is 13.2 Å². The minimum Gasteiger partial charge on any atom is -0.486 e. The summed E-state index contributed by atoms with van der Waals surface area (Å²) in [6, 6.07) is 6.43. The Morgan fingerprint density at radius 3 is 2.35 bits per heavy atom. The van der Waals surface area contributed by atoms with Crippen LogP contribution in [0.3, 0.4) is 0 Å². The second-order valence-corrected chi connectivity index (χ2v) is 9.63. The maximum Gasteiger partial charge on any atom is 0.416 e. The van der Waals surface area contributed by atoms with Crippen molar-refractivity contribution in [1.29, 1.82) is 0 Å². The average molecular weight is 522 g/mol. The number of piperidine rings is 1. The average Bonchev–Trinajstić information content (AvgIpc) is 2.80. The van der Waals surface area contributed by atoms with Crippen molar-refractivity contribution in [2.24, 2.45) is 11.8 Å². The van der Waals surface area contributed by atoms with Gasteiger partial charge in [0, 0.05) is 24.2 Å². The predicted molar refractivity (Wildman–Crippen MR) is 128 cm³/mol. The number of benzene rings is 2. The molecule has 11 heteroatoms. The number of aliphatic hydroxyl groups excluding tert-OH is 1. The van der Waals surface area contributed by atoms with Crippen molar-refractivity contribution < 1.29 is 32.2 Å². The topological polar surface area (TPSA) is 95.5 Å². The fourth-order valence-corrected chi connectivity index (χ4v) is 4.86. The highest BCUT2D eigenvalue weighted by molar-refractivity contribution is 5.94. The zero-order valence-electron chi connectivity index (χ0n) is 20.7. The molecule has 1 aliphatic heterocycles. The molecule has 0 aliphatic carbocycles. The van der Waals surface area contributed by atoms with E-state index in [-0.39, 0.29) is 29.3 Å². The molecule has 1 aromatic heterocycles. The van der Waals surface area contributed by atoms with Gasteiger partial charge in [0.15, 0.2) is 0 Å². The number of fused-ring (bicyclic) bond motifs is 1. The molecule has 7 nitrogen and oxygen atoms in total. The third-order valence-corrected chi connectivity index (χ3v) is 6.69. The highest BCUT2D eigenvalue weighted by atomic mass is 19.4. The number of carbonyl (C=O) groups is 1. The zero-order chi connectivity index (χ0) is 27.2. The Morgan fingerprint density at radius 2 is 1.78 bits per heavy atom. The number of aliphatic hydroxyl groups is 1. The Hall–Kier alpha value is -3.47. The number of hydrogen-bond acceptors (Lipinski definition) is 5. The first-order chi connectivity index (χ1) is 17.3. The van der Waals surface area contributed by atoms with Crippen molar-refractivity contribution >= 4 is 16.8 Å². The molecule has 3 atom stereocenters. The number of aromatic nitrogens is 2. The standard InChI is InChI=1S/C26H27F4N3O4/c1-12-10-33(11-13(2)23(12)34)25(36)16-5-7-17(8-6-16)37-14(3)20-18(26(28,29)30)9-19-21(22(20)27)24(35)32-15(4)31-19/h5-9,12-14,23,34H,10-11H2,1-4H3,(H,31,32,35). The lowest BCUT2D eigenvalue weighted by atomic mass is 9.88. The molecule has 2 N–H and O–H groups in total. The molecule has 4 rings (SSSR count). The van der Waals surface area contributed by atoms with Crippen molar-refractivity contribution in [2.45, 2.75) is 46.1 Å². The number of rotatable bonds is 4. The first-order valence-electron chi connectivity index (χ1n) is 11.8. The second kappa shape index (κ2) is 9.77. The number of ether oxygens (including phenoxy) is 1. The van der Waals surface area contributed by atoms with Crippen LogP contribution in [0.25, 0.3) is 10.9 Å². The lowest BCUT2D eigenvalue weighted by Crippen LogP contribution is -2.49. The number of aromatic amines is 1. The van der Waals surface area contributed by atoms with Gasteiger partial charge in [0.25, 0.3) is 11.5 Å². The van der Waals surface area contributed by atoms with Gasteiger partial charge in [0.2, 0.25) is 0 Å². The van der Waals surface area contributed by atoms with Crippen LogP contribution >= 0.6 is 0 Å². The first-order valence-corrected chi connectivity index (χ1v) is 11.8. The monoisotopic (exact) mass is 521 g/mol. The summed E-state index contributed by atoms with van der Waals surface area (Å²) >= 11 is 0. The third-order valence-electron chi connectivity index (χ3n) is 6.69. The summed E-state index contributed by atoms with van der Waals surface area (Å²) in [4.78, 5) is 33.0. The molecule has 0 spiro atoms. The largest absolute Gasteiger partial charge is 0.486 e. The molecule has 1 saturated heterocycles. The zero-order valence-corrected chi connectivity index (χ0v) is 20.7. The summed E-state index contributed by atoms with van der Waals surface area (Å²) in [6.07, 6.45) is -6.84. The van der Waals surface area contributed by atoms with Crippen LogP contribution in [0, 0.1) is 24.6 Å². The molecule has 2 heterocycles. The van der Waals surface area contributed by atoms with Crippen LogP contribution in [0.4, 0.5) is 17.6 Å². The van der Waals surface area contributed by atoms with E-state index in [1.54, 1.807) is 4.90 Å². The minimum absolute atomic E-state index is 0.0568. The molecular formula is C26H27F4N3O4. The van der Waals surface area contributed by atoms with Gasteiger partial charge in [-0.15, -0.1) is 0 Å². The quantitative estimate of drug-likeness (QED) is 0.489. The van der Waals surface area contributed by atoms with E-state index in [4.69, 9.17) is 4.74 Å². The van der Waals surface area contributed by atoms with E-state index in [9.17, 15) is 27.9 Å². The molecule has 1 aliphatic rings. The molecule has 0 bridgehead atoms. The summed E-state index contributed by atoms with van der Waals surface area (Å²) in [5.41, 5.74) is -3.05. The number of nitrogens with one attached hydrogen (secondary N) is 1. The number of alkyl halides is 3. The van der Waals surface area contributed by atoms with Gasteiger partial charge in [-0.05, 0) is 56.0 Å². The van der Waals surface area contributed by atoms with E-state index < -0.39 is 51.8 Å². The summed E-state index contributed by atoms with van der Waals surface area (Å²) < 4.78 is 62.6. The van der Waals surface area contributed by atoms with Crippen LogP contribution in [-0.2, 0) is 6.18 Å². The van der Waals surface area contributed by atoms with Gasteiger partial charge in [0.1, 0.15) is 28.9 Å². The number of nitrogens with zero attached hydrogens (tertiary/aromatic N) is 2. The lowest BCUT2D eigenvalue weighted by Gasteiger charge is -2.38. The maximum atomic E-state index is 15.4. The van der Waals surface area contributed by atoms with Gasteiger partial charge < -0.3 is 19.7 Å². The molecule has 2 aromatic carbocycles. The summed E-state index contributed by atoms with van der Waals surface area (Å²) in [7, 11) is 0. The SMILES string of the molecule is Cc1nc2cc(C(F)(F)F)c(C(C)Oc3ccc(C(=O)N4CC(C)C(O)C(C)C4)cc3)c(F)c2c(=O)[nH]1. The van der Waals surface area contributed by atoms with E-state index in [0.29, 0.717) is 24.7 Å². The van der Waals surface area contributed by atoms with Crippen molar-refractivity contribution in [3.05, 3.63) is 69.0 Å². The summed E-state index contributed by atoms with van der Waals surface area (Å²) in [5.74, 6) is -1.59. The Labute approximate surface area is 210 Å². The van der Waals surface area contributed by atoms with E-state index in [2.05, 4.69) is 9.97 Å². The molecule has 1 fully saturated rings. The van der Waals surface area contributed by atoms with Crippen LogP contribution in [0.2, 0.25) is 0 Å². The third kappa shape index (κ3) is 5.18. The lowest BCUT2D eigenvalue weighted by molar-refractivity contribution is -0.139. The van der Waals surface area contributed by atoms with Gasteiger partial charge in [-0.3, -0.25) is 9.59 Å². The van der Waals surface area contributed by atoms with Crippen LogP contribution in [0.5, 0.6) is 5.75 Å². The Morgan fingerprint density at radius 1 is 1.19 bits per heavy atom. The number of aryl methyl sites for hydroxylation is 1. The van der Waals surface area contributed by atoms with Gasteiger partial charge in [-0.1, -0.05) is 13.8 Å². The molecule has 0 saturated carbocycles. The molecular weight excluding hydrogens is 494 g/mol. The van der Waals surface area contributed by atoms with Crippen LogP contribution in [-0.4, -0.2) is 45.1 Å². The first kappa shape index (κ1) is 26.6. The molecule has 198 valence electrons. The van der Waals surface area contributed by atoms with Gasteiger partial charge in [-0.25, -0.2) is 9.37 Å². The number of amides is 1. The number of hydrogen-bond donors (Lipinski definition) is 2. The smallest absolute Gasteiger partial charge is 0.416 e. The maximum absolute atomic E-state index is 15.4. The fraction of sp³-hybridized carbons (Fsp3) is 0.423. The molecule has 0 radical (unpaired) electrons. The Kier molecular flexibility index (Phi) is 7.02. The van der Waals surface area contributed by atoms with E-state index in [1.807, 2.05) is 13.8 Å². The summed E-state index contributed by atoms with van der Waals surface area (Å²) in [5, 5.41) is 9.55. The minimum atomic E-state index is -4.92. The van der Waals surface area contributed by atoms with Gasteiger partial charge in [0.05, 0.1) is 17.2 Å². The van der Waals surface area contributed by atoms with Crippen molar-refractivity contribution in [3.8, 4) is 5.75 Å². The van der Waals surface area contributed by atoms with E-state index >= 15 is 4.39 Å². The number of likely N-dealkylation sites (tertiary alicyclic amines) is 1. The van der Waals surface area contributed by atoms with Crippen molar-refractivity contribution in [2.75, 3.05) is 13.1 Å². The van der Waals surface area contributed by atoms with Crippen molar-refractivity contribution in [1.82, 2.24) is 14.9 Å². The number of halogens is 4. The Balaban J connectivity index is 1.62. The Bertz CT molecular complexity index is 1380. The van der Waals surface area contributed by atoms with Crippen LogP contribution in [0.1, 0.15) is 54.2 Å². The second-order valence-electron chi connectivity index (χ2n) is 9.63. The molecule has 3 aromatic rings. The van der Waals surface area contributed by atoms with Crippen LogP contribution in [0.15, 0.2) is 35.1 Å². The number of H-pyrrole nitrogens is 1. The van der Waals surface area contributed by atoms with E-state index in [1.165, 1.54) is 38.1 Å². The van der Waals surface area contributed by atoms with Gasteiger partial charge >= 0.3 is 6.18 Å². The number of carbonyl (C=O) groups excluding carboxylic acids is 1. The summed E-state index contributed by atoms with van der Waals surface area (Å²) in [6.45, 7) is 7.16. The van der Waals surface area contributed by atoms with Crippen LogP contribution < -0.4 is 10.3 Å².